The van der Waals surface area contributed by atoms with Crippen molar-refractivity contribution in [3.8, 4) is 11.4 Å². The van der Waals surface area contributed by atoms with E-state index in [1.807, 2.05) is 24.3 Å². The van der Waals surface area contributed by atoms with E-state index in [1.54, 1.807) is 0 Å². The molecule has 7 rings (SSSR count). The Bertz CT molecular complexity index is 1860. The standard InChI is InChI=1S/C31H20N2O/c34-20-21-15-16-29-25(17-21)27-18-26-24-13-7-8-14-28(24)32(22-9-3-1-4-10-22)30(26)19-31(27)33(29)23-11-5-2-6-12-23/h1-20H. The molecule has 0 radical (unpaired) electrons. The summed E-state index contributed by atoms with van der Waals surface area (Å²) in [5.74, 6) is 0. The summed E-state index contributed by atoms with van der Waals surface area (Å²) in [6.07, 6.45) is 0.922. The fourth-order valence-corrected chi connectivity index (χ4v) is 5.28. The van der Waals surface area contributed by atoms with Crippen LogP contribution in [-0.4, -0.2) is 15.4 Å². The maximum Gasteiger partial charge on any atom is 0.150 e. The molecule has 0 N–H and O–H groups in total. The number of carbonyl (C=O) groups excluding carboxylic acids is 1. The number of fused-ring (bicyclic) bond motifs is 6. The maximum atomic E-state index is 11.6. The lowest BCUT2D eigenvalue weighted by Gasteiger charge is -2.10. The number of aldehydes is 1. The number of hydrogen-bond acceptors (Lipinski definition) is 1. The lowest BCUT2D eigenvalue weighted by molar-refractivity contribution is 0.112. The van der Waals surface area contributed by atoms with Crippen LogP contribution >= 0.6 is 0 Å². The number of benzene rings is 5. The molecule has 5 aromatic carbocycles. The fraction of sp³-hybridized carbons (Fsp3) is 0. The normalized spacial score (nSPS) is 11.6. The smallest absolute Gasteiger partial charge is 0.150 e. The Morgan fingerprint density at radius 3 is 1.62 bits per heavy atom. The van der Waals surface area contributed by atoms with Gasteiger partial charge in [-0.05, 0) is 60.7 Å². The van der Waals surface area contributed by atoms with Crippen LogP contribution in [0.2, 0.25) is 0 Å². The minimum Gasteiger partial charge on any atom is -0.309 e. The molecule has 0 saturated heterocycles. The van der Waals surface area contributed by atoms with Gasteiger partial charge in [0, 0.05) is 38.5 Å². The molecular formula is C31H20N2O. The van der Waals surface area contributed by atoms with Crippen molar-refractivity contribution in [3.05, 3.63) is 121 Å². The van der Waals surface area contributed by atoms with E-state index in [0.29, 0.717) is 5.56 Å². The van der Waals surface area contributed by atoms with E-state index in [1.165, 1.54) is 16.3 Å². The van der Waals surface area contributed by atoms with Crippen LogP contribution in [0.15, 0.2) is 115 Å². The average molecular weight is 437 g/mol. The molecule has 0 amide bonds. The molecule has 2 heterocycles. The largest absolute Gasteiger partial charge is 0.309 e. The molecule has 0 atom stereocenters. The molecular weight excluding hydrogens is 416 g/mol. The Labute approximate surface area is 196 Å². The molecule has 3 nitrogen and oxygen atoms in total. The summed E-state index contributed by atoms with van der Waals surface area (Å²) in [6, 6.07) is 40.0. The Hall–Kier alpha value is -4.63. The monoisotopic (exact) mass is 436 g/mol. The molecule has 34 heavy (non-hydrogen) atoms. The van der Waals surface area contributed by atoms with Gasteiger partial charge in [0.15, 0.2) is 0 Å². The summed E-state index contributed by atoms with van der Waals surface area (Å²) in [5, 5.41) is 4.65. The van der Waals surface area contributed by atoms with Gasteiger partial charge in [-0.15, -0.1) is 0 Å². The maximum absolute atomic E-state index is 11.6. The summed E-state index contributed by atoms with van der Waals surface area (Å²) in [4.78, 5) is 11.6. The zero-order valence-corrected chi connectivity index (χ0v) is 18.3. The van der Waals surface area contributed by atoms with E-state index >= 15 is 0 Å². The zero-order valence-electron chi connectivity index (χ0n) is 18.3. The molecule has 0 aliphatic rings. The van der Waals surface area contributed by atoms with Crippen molar-refractivity contribution < 1.29 is 4.79 Å². The van der Waals surface area contributed by atoms with E-state index in [0.717, 1.165) is 45.0 Å². The molecule has 2 aromatic heterocycles. The highest BCUT2D eigenvalue weighted by molar-refractivity contribution is 6.19. The van der Waals surface area contributed by atoms with Crippen molar-refractivity contribution in [1.82, 2.24) is 9.13 Å². The predicted octanol–water partition coefficient (Wildman–Crippen LogP) is 7.69. The van der Waals surface area contributed by atoms with E-state index < -0.39 is 0 Å². The van der Waals surface area contributed by atoms with Crippen molar-refractivity contribution in [2.24, 2.45) is 0 Å². The first-order chi connectivity index (χ1) is 16.8. The average Bonchev–Trinajstić information content (AvgIpc) is 3.40. The van der Waals surface area contributed by atoms with Crippen LogP contribution in [0.25, 0.3) is 55.0 Å². The Balaban J connectivity index is 1.71. The molecule has 0 aliphatic heterocycles. The van der Waals surface area contributed by atoms with Crippen LogP contribution in [0.5, 0.6) is 0 Å². The SMILES string of the molecule is O=Cc1ccc2c(c1)c1cc3c4ccccc4n(-c4ccccc4)c3cc1n2-c1ccccc1. The van der Waals surface area contributed by atoms with Gasteiger partial charge in [-0.2, -0.15) is 0 Å². The number of aromatic nitrogens is 2. The molecule has 0 unspecified atom stereocenters. The van der Waals surface area contributed by atoms with Gasteiger partial charge in [-0.3, -0.25) is 4.79 Å². The van der Waals surface area contributed by atoms with Crippen LogP contribution in [0.1, 0.15) is 10.4 Å². The first kappa shape index (κ1) is 18.9. The first-order valence-electron chi connectivity index (χ1n) is 11.4. The third kappa shape index (κ3) is 2.61. The minimum atomic E-state index is 0.687. The summed E-state index contributed by atoms with van der Waals surface area (Å²) in [6.45, 7) is 0. The van der Waals surface area contributed by atoms with Gasteiger partial charge < -0.3 is 9.13 Å². The van der Waals surface area contributed by atoms with Crippen LogP contribution in [0.4, 0.5) is 0 Å². The van der Waals surface area contributed by atoms with Gasteiger partial charge >= 0.3 is 0 Å². The van der Waals surface area contributed by atoms with E-state index in [-0.39, 0.29) is 0 Å². The van der Waals surface area contributed by atoms with E-state index in [9.17, 15) is 4.79 Å². The molecule has 0 fully saturated rings. The number of carbonyl (C=O) groups is 1. The van der Waals surface area contributed by atoms with Crippen LogP contribution in [0.3, 0.4) is 0 Å². The second kappa shape index (κ2) is 7.19. The Kier molecular flexibility index (Phi) is 4.00. The lowest BCUT2D eigenvalue weighted by Crippen LogP contribution is -1.95. The van der Waals surface area contributed by atoms with Crippen molar-refractivity contribution in [2.45, 2.75) is 0 Å². The number of para-hydroxylation sites is 3. The lowest BCUT2D eigenvalue weighted by atomic mass is 10.1. The molecule has 160 valence electrons. The highest BCUT2D eigenvalue weighted by atomic mass is 16.1. The van der Waals surface area contributed by atoms with Crippen molar-refractivity contribution in [2.75, 3.05) is 0 Å². The second-order valence-electron chi connectivity index (χ2n) is 8.64. The van der Waals surface area contributed by atoms with Gasteiger partial charge in [0.25, 0.3) is 0 Å². The van der Waals surface area contributed by atoms with Gasteiger partial charge in [-0.1, -0.05) is 54.6 Å². The molecule has 7 aromatic rings. The highest BCUT2D eigenvalue weighted by Crippen LogP contribution is 2.39. The van der Waals surface area contributed by atoms with Crippen LogP contribution in [-0.2, 0) is 0 Å². The molecule has 0 saturated carbocycles. The number of hydrogen-bond donors (Lipinski definition) is 0. The molecule has 0 spiro atoms. The fourth-order valence-electron chi connectivity index (χ4n) is 5.28. The van der Waals surface area contributed by atoms with E-state index in [4.69, 9.17) is 0 Å². The summed E-state index contributed by atoms with van der Waals surface area (Å²) < 4.78 is 4.64. The summed E-state index contributed by atoms with van der Waals surface area (Å²) in [7, 11) is 0. The number of rotatable bonds is 3. The minimum absolute atomic E-state index is 0.687. The number of nitrogens with zero attached hydrogens (tertiary/aromatic N) is 2. The Morgan fingerprint density at radius 2 is 0.971 bits per heavy atom. The second-order valence-corrected chi connectivity index (χ2v) is 8.64. The van der Waals surface area contributed by atoms with Crippen molar-refractivity contribution in [1.29, 1.82) is 0 Å². The van der Waals surface area contributed by atoms with Gasteiger partial charge in [-0.25, -0.2) is 0 Å². The molecule has 3 heteroatoms. The Morgan fingerprint density at radius 1 is 0.441 bits per heavy atom. The first-order valence-corrected chi connectivity index (χ1v) is 11.4. The topological polar surface area (TPSA) is 26.9 Å². The van der Waals surface area contributed by atoms with E-state index in [2.05, 4.69) is 100 Å². The third-order valence-electron chi connectivity index (χ3n) is 6.75. The van der Waals surface area contributed by atoms with Gasteiger partial charge in [0.2, 0.25) is 0 Å². The summed E-state index contributed by atoms with van der Waals surface area (Å²) in [5.41, 5.74) is 7.48. The van der Waals surface area contributed by atoms with Crippen molar-refractivity contribution >= 4 is 49.9 Å². The molecule has 0 bridgehead atoms. The van der Waals surface area contributed by atoms with Crippen LogP contribution < -0.4 is 0 Å². The van der Waals surface area contributed by atoms with Gasteiger partial charge in [0.1, 0.15) is 6.29 Å². The predicted molar refractivity (Wildman–Crippen MR) is 141 cm³/mol. The summed E-state index contributed by atoms with van der Waals surface area (Å²) >= 11 is 0. The zero-order chi connectivity index (χ0) is 22.6. The van der Waals surface area contributed by atoms with Gasteiger partial charge in [0.05, 0.1) is 22.1 Å². The van der Waals surface area contributed by atoms with Crippen LogP contribution in [0, 0.1) is 0 Å². The molecule has 0 aliphatic carbocycles. The quantitative estimate of drug-likeness (QED) is 0.261. The third-order valence-corrected chi connectivity index (χ3v) is 6.75. The van der Waals surface area contributed by atoms with Crippen molar-refractivity contribution in [3.63, 3.8) is 0 Å². The highest BCUT2D eigenvalue weighted by Gasteiger charge is 2.18.